The van der Waals surface area contributed by atoms with Gasteiger partial charge in [-0.25, -0.2) is 0 Å². The second-order valence-corrected chi connectivity index (χ2v) is 3.24. The zero-order valence-corrected chi connectivity index (χ0v) is 8.37. The van der Waals surface area contributed by atoms with Crippen molar-refractivity contribution in [1.29, 1.82) is 0 Å². The first-order valence-corrected chi connectivity index (χ1v) is 4.43. The molecule has 0 aliphatic rings. The van der Waals surface area contributed by atoms with E-state index >= 15 is 0 Å². The number of aromatic hydroxyl groups is 2. The fraction of sp³-hybridized carbons (Fsp3) is 0.200. The minimum absolute atomic E-state index is 0.296. The number of aliphatic imine (C=N–C) groups is 1. The molecule has 5 N–H and O–H groups in total. The van der Waals surface area contributed by atoms with Gasteiger partial charge in [-0.1, -0.05) is 6.07 Å². The van der Waals surface area contributed by atoms with Crippen LogP contribution in [-0.4, -0.2) is 34.0 Å². The number of nitrogens with zero attached hydrogens (tertiary/aromatic N) is 1. The van der Waals surface area contributed by atoms with E-state index in [-0.39, 0.29) is 11.5 Å². The van der Waals surface area contributed by atoms with Crippen molar-refractivity contribution in [1.82, 2.24) is 0 Å². The molecule has 16 heavy (non-hydrogen) atoms. The van der Waals surface area contributed by atoms with E-state index < -0.39 is 18.1 Å². The Balaban J connectivity index is 3.09. The molecule has 0 aliphatic carbocycles. The number of nitrogens with two attached hydrogens (primary N) is 1. The van der Waals surface area contributed by atoms with E-state index in [2.05, 4.69) is 11.7 Å². The highest BCUT2D eigenvalue weighted by Crippen LogP contribution is 2.30. The number of hydrogen-bond acceptors (Lipinski definition) is 5. The maximum Gasteiger partial charge on any atom is 0.323 e. The van der Waals surface area contributed by atoms with Crippen molar-refractivity contribution < 1.29 is 20.1 Å². The van der Waals surface area contributed by atoms with Crippen molar-refractivity contribution in [2.24, 2.45) is 10.7 Å². The fourth-order valence-electron chi connectivity index (χ4n) is 1.29. The van der Waals surface area contributed by atoms with Crippen LogP contribution in [0.4, 0.5) is 0 Å². The van der Waals surface area contributed by atoms with Crippen LogP contribution in [0.5, 0.6) is 11.5 Å². The van der Waals surface area contributed by atoms with Gasteiger partial charge in [-0.2, -0.15) is 0 Å². The van der Waals surface area contributed by atoms with Gasteiger partial charge in [0.15, 0.2) is 11.5 Å². The maximum absolute atomic E-state index is 10.7. The van der Waals surface area contributed by atoms with E-state index in [1.165, 1.54) is 18.2 Å². The van der Waals surface area contributed by atoms with Gasteiger partial charge in [0.2, 0.25) is 0 Å². The smallest absolute Gasteiger partial charge is 0.323 e. The van der Waals surface area contributed by atoms with Crippen molar-refractivity contribution in [3.8, 4) is 11.5 Å². The number of aliphatic carboxylic acids is 1. The molecule has 0 radical (unpaired) electrons. The van der Waals surface area contributed by atoms with Crippen LogP contribution in [0.15, 0.2) is 23.2 Å². The predicted octanol–water partition coefficient (Wildman–Crippen LogP) is 0.251. The Bertz CT molecular complexity index is 419. The SMILES string of the molecule is C=NC(c1ccc(O)c(O)c1)C(N)C(=O)O. The Morgan fingerprint density at radius 3 is 2.44 bits per heavy atom. The van der Waals surface area contributed by atoms with Crippen LogP contribution >= 0.6 is 0 Å². The summed E-state index contributed by atoms with van der Waals surface area (Å²) in [6.07, 6.45) is 0. The Kier molecular flexibility index (Phi) is 3.47. The molecule has 0 heterocycles. The predicted molar refractivity (Wildman–Crippen MR) is 57.7 cm³/mol. The third kappa shape index (κ3) is 2.29. The summed E-state index contributed by atoms with van der Waals surface area (Å²) in [5, 5.41) is 27.1. The molecule has 0 bridgehead atoms. The first-order valence-electron chi connectivity index (χ1n) is 4.43. The normalized spacial score (nSPS) is 14.1. The molecular weight excluding hydrogens is 212 g/mol. The first-order chi connectivity index (χ1) is 7.47. The Morgan fingerprint density at radius 1 is 1.38 bits per heavy atom. The number of benzene rings is 1. The molecule has 6 nitrogen and oxygen atoms in total. The number of phenolic OH excluding ortho intramolecular Hbond substituents is 2. The minimum Gasteiger partial charge on any atom is -0.504 e. The third-order valence-electron chi connectivity index (χ3n) is 2.16. The molecule has 0 saturated heterocycles. The number of carbonyl (C=O) groups is 1. The van der Waals surface area contributed by atoms with Gasteiger partial charge in [-0.3, -0.25) is 9.79 Å². The molecule has 6 heteroatoms. The lowest BCUT2D eigenvalue weighted by atomic mass is 10.00. The van der Waals surface area contributed by atoms with Crippen LogP contribution < -0.4 is 5.73 Å². The zero-order chi connectivity index (χ0) is 12.3. The average Bonchev–Trinajstić information content (AvgIpc) is 2.24. The topological polar surface area (TPSA) is 116 Å². The summed E-state index contributed by atoms with van der Waals surface area (Å²) >= 11 is 0. The molecule has 0 aliphatic heterocycles. The lowest BCUT2D eigenvalue weighted by molar-refractivity contribution is -0.139. The van der Waals surface area contributed by atoms with E-state index in [9.17, 15) is 9.90 Å². The summed E-state index contributed by atoms with van der Waals surface area (Å²) in [6.45, 7) is 3.26. The second kappa shape index (κ2) is 4.63. The van der Waals surface area contributed by atoms with E-state index in [1.54, 1.807) is 0 Å². The molecule has 1 rings (SSSR count). The van der Waals surface area contributed by atoms with Crippen molar-refractivity contribution in [2.75, 3.05) is 0 Å². The van der Waals surface area contributed by atoms with Crippen LogP contribution in [0.2, 0.25) is 0 Å². The molecule has 2 unspecified atom stereocenters. The van der Waals surface area contributed by atoms with Crippen LogP contribution in [0.25, 0.3) is 0 Å². The van der Waals surface area contributed by atoms with Crippen molar-refractivity contribution in [3.63, 3.8) is 0 Å². The van der Waals surface area contributed by atoms with Gasteiger partial charge in [0, 0.05) is 0 Å². The van der Waals surface area contributed by atoms with Gasteiger partial charge in [0.25, 0.3) is 0 Å². The molecule has 1 aromatic rings. The van der Waals surface area contributed by atoms with E-state index in [4.69, 9.17) is 15.9 Å². The number of phenols is 2. The molecule has 0 amide bonds. The maximum atomic E-state index is 10.7. The molecule has 0 spiro atoms. The molecular formula is C10H12N2O4. The molecule has 0 fully saturated rings. The van der Waals surface area contributed by atoms with Crippen LogP contribution in [0, 0.1) is 0 Å². The minimum atomic E-state index is -1.25. The lowest BCUT2D eigenvalue weighted by Gasteiger charge is -2.16. The van der Waals surface area contributed by atoms with Crippen LogP contribution in [0.1, 0.15) is 11.6 Å². The molecule has 2 atom stereocenters. The summed E-state index contributed by atoms with van der Waals surface area (Å²) in [5.41, 5.74) is 5.79. The van der Waals surface area contributed by atoms with Gasteiger partial charge >= 0.3 is 5.97 Å². The molecule has 1 aromatic carbocycles. The lowest BCUT2D eigenvalue weighted by Crippen LogP contribution is -2.35. The van der Waals surface area contributed by atoms with Crippen molar-refractivity contribution in [2.45, 2.75) is 12.1 Å². The van der Waals surface area contributed by atoms with Gasteiger partial charge in [-0.15, -0.1) is 0 Å². The van der Waals surface area contributed by atoms with Gasteiger partial charge in [0.1, 0.15) is 12.1 Å². The zero-order valence-electron chi connectivity index (χ0n) is 8.37. The van der Waals surface area contributed by atoms with Crippen molar-refractivity contribution >= 4 is 12.7 Å². The van der Waals surface area contributed by atoms with E-state index in [0.29, 0.717) is 5.56 Å². The fourth-order valence-corrected chi connectivity index (χ4v) is 1.29. The number of rotatable bonds is 4. The summed E-state index contributed by atoms with van der Waals surface area (Å²) in [7, 11) is 0. The quantitative estimate of drug-likeness (QED) is 0.432. The van der Waals surface area contributed by atoms with Crippen LogP contribution in [-0.2, 0) is 4.79 Å². The summed E-state index contributed by atoms with van der Waals surface area (Å²) in [5.74, 6) is -1.87. The first kappa shape index (κ1) is 12.0. The largest absolute Gasteiger partial charge is 0.504 e. The standard InChI is InChI=1S/C10H12N2O4/c1-12-9(8(11)10(15)16)5-2-3-6(13)7(14)4-5/h2-4,8-9,13-14H,1,11H2,(H,15,16). The summed E-state index contributed by atoms with van der Waals surface area (Å²) in [6, 6.07) is 1.75. The summed E-state index contributed by atoms with van der Waals surface area (Å²) < 4.78 is 0. The molecule has 0 aromatic heterocycles. The Labute approximate surface area is 91.7 Å². The molecule has 0 saturated carbocycles. The van der Waals surface area contributed by atoms with E-state index in [0.717, 1.165) is 0 Å². The number of carboxylic acids is 1. The number of carboxylic acid groups (broad SMARTS) is 1. The highest BCUT2D eigenvalue weighted by Gasteiger charge is 2.25. The molecule has 86 valence electrons. The van der Waals surface area contributed by atoms with E-state index in [1.807, 2.05) is 0 Å². The Hall–Kier alpha value is -2.08. The monoisotopic (exact) mass is 224 g/mol. The second-order valence-electron chi connectivity index (χ2n) is 3.24. The highest BCUT2D eigenvalue weighted by atomic mass is 16.4. The Morgan fingerprint density at radius 2 is 2.00 bits per heavy atom. The van der Waals surface area contributed by atoms with Gasteiger partial charge in [-0.05, 0) is 24.4 Å². The van der Waals surface area contributed by atoms with Crippen molar-refractivity contribution in [3.05, 3.63) is 23.8 Å². The highest BCUT2D eigenvalue weighted by molar-refractivity contribution is 5.74. The van der Waals surface area contributed by atoms with Gasteiger partial charge < -0.3 is 21.1 Å². The summed E-state index contributed by atoms with van der Waals surface area (Å²) in [4.78, 5) is 14.3. The third-order valence-corrected chi connectivity index (χ3v) is 2.16. The number of hydrogen-bond donors (Lipinski definition) is 4. The van der Waals surface area contributed by atoms with Gasteiger partial charge in [0.05, 0.1) is 0 Å². The average molecular weight is 224 g/mol. The van der Waals surface area contributed by atoms with Crippen LogP contribution in [0.3, 0.4) is 0 Å².